The van der Waals surface area contributed by atoms with Crippen LogP contribution >= 0.6 is 34.4 Å². The molecule has 0 aliphatic carbocycles. The molecule has 8 heteroatoms. The van der Waals surface area contributed by atoms with Gasteiger partial charge in [0.15, 0.2) is 0 Å². The summed E-state index contributed by atoms with van der Waals surface area (Å²) in [6.45, 7) is 0. The van der Waals surface area contributed by atoms with Gasteiger partial charge in [-0.15, -0.1) is 22.7 Å². The zero-order chi connectivity index (χ0) is 15.6. The second-order valence-electron chi connectivity index (χ2n) is 4.31. The Morgan fingerprint density at radius 1 is 1.09 bits per heavy atom. The molecule has 114 valence electrons. The van der Waals surface area contributed by atoms with Crippen LogP contribution in [0.4, 0.5) is 13.2 Å². The molecule has 0 atom stereocenters. The van der Waals surface area contributed by atoms with E-state index in [-0.39, 0.29) is 0 Å². The summed E-state index contributed by atoms with van der Waals surface area (Å²) in [6, 6.07) is 5.08. The summed E-state index contributed by atoms with van der Waals surface area (Å²) in [7, 11) is 0. The molecule has 3 aromatic rings. The molecule has 0 amide bonds. The van der Waals surface area contributed by atoms with E-state index in [0.29, 0.717) is 11.3 Å². The number of hydrogen-bond acceptors (Lipinski definition) is 5. The third-order valence-electron chi connectivity index (χ3n) is 2.76. The van der Waals surface area contributed by atoms with E-state index in [0.717, 1.165) is 27.2 Å². The van der Waals surface area contributed by atoms with Crippen LogP contribution in [0, 0.1) is 0 Å². The topological polar surface area (TPSA) is 25.8 Å². The van der Waals surface area contributed by atoms with Crippen molar-refractivity contribution in [3.8, 4) is 10.6 Å². The van der Waals surface area contributed by atoms with E-state index in [1.54, 1.807) is 29.3 Å². The normalized spacial score (nSPS) is 11.8. The van der Waals surface area contributed by atoms with Gasteiger partial charge in [0.25, 0.3) is 0 Å². The Bertz CT molecular complexity index is 734. The first kappa shape index (κ1) is 15.5. The molecule has 0 fully saturated rings. The molecule has 2 heterocycles. The van der Waals surface area contributed by atoms with Gasteiger partial charge in [-0.3, -0.25) is 0 Å². The van der Waals surface area contributed by atoms with Crippen LogP contribution in [-0.4, -0.2) is 9.97 Å². The molecule has 22 heavy (non-hydrogen) atoms. The molecule has 3 rings (SSSR count). The number of halogens is 3. The maximum Gasteiger partial charge on any atom is 0.416 e. The van der Waals surface area contributed by atoms with E-state index in [2.05, 4.69) is 9.97 Å². The Morgan fingerprint density at radius 2 is 1.86 bits per heavy atom. The van der Waals surface area contributed by atoms with Gasteiger partial charge in [-0.05, 0) is 12.1 Å². The number of alkyl halides is 3. The first-order valence-electron chi connectivity index (χ1n) is 6.17. The molecule has 0 saturated carbocycles. The molecule has 2 nitrogen and oxygen atoms in total. The molecule has 2 aromatic heterocycles. The van der Waals surface area contributed by atoms with E-state index >= 15 is 0 Å². The molecular formula is C14H9F3N2S3. The van der Waals surface area contributed by atoms with Crippen LogP contribution < -0.4 is 0 Å². The Morgan fingerprint density at radius 3 is 2.50 bits per heavy atom. The van der Waals surface area contributed by atoms with Gasteiger partial charge in [0, 0.05) is 28.3 Å². The monoisotopic (exact) mass is 358 g/mol. The number of hydrogen-bond donors (Lipinski definition) is 0. The van der Waals surface area contributed by atoms with E-state index in [1.165, 1.54) is 23.5 Å². The van der Waals surface area contributed by atoms with E-state index in [1.807, 2.05) is 10.8 Å². The molecular weight excluding hydrogens is 349 g/mol. The smallest absolute Gasteiger partial charge is 0.240 e. The third kappa shape index (κ3) is 3.68. The van der Waals surface area contributed by atoms with Crippen LogP contribution in [0.5, 0.6) is 0 Å². The highest BCUT2D eigenvalue weighted by Gasteiger charge is 2.30. The van der Waals surface area contributed by atoms with Crippen molar-refractivity contribution in [1.82, 2.24) is 9.97 Å². The summed E-state index contributed by atoms with van der Waals surface area (Å²) >= 11 is 4.60. The fourth-order valence-corrected chi connectivity index (χ4v) is 4.19. The number of nitrogens with zero attached hydrogens (tertiary/aromatic N) is 2. The molecule has 0 spiro atoms. The average molecular weight is 358 g/mol. The van der Waals surface area contributed by atoms with Gasteiger partial charge in [0.2, 0.25) is 0 Å². The summed E-state index contributed by atoms with van der Waals surface area (Å²) in [5.74, 6) is 0.699. The van der Waals surface area contributed by atoms with Gasteiger partial charge in [-0.25, -0.2) is 9.97 Å². The number of aromatic nitrogens is 2. The predicted octanol–water partition coefficient (Wildman–Crippen LogP) is 5.58. The fourth-order valence-electron chi connectivity index (χ4n) is 1.72. The molecule has 0 aliphatic heterocycles. The maximum absolute atomic E-state index is 12.5. The van der Waals surface area contributed by atoms with Crippen LogP contribution in [0.1, 0.15) is 11.3 Å². The van der Waals surface area contributed by atoms with Crippen molar-refractivity contribution in [2.24, 2.45) is 0 Å². The lowest BCUT2D eigenvalue weighted by Crippen LogP contribution is -2.03. The second-order valence-corrected chi connectivity index (χ2v) is 7.28. The number of rotatable bonds is 4. The molecule has 0 N–H and O–H groups in total. The highest BCUT2D eigenvalue weighted by molar-refractivity contribution is 8.00. The van der Waals surface area contributed by atoms with Crippen LogP contribution in [0.2, 0.25) is 0 Å². The fraction of sp³-hybridized carbons (Fsp3) is 0.143. The van der Waals surface area contributed by atoms with Crippen LogP contribution in [0.25, 0.3) is 10.6 Å². The first-order chi connectivity index (χ1) is 10.5. The van der Waals surface area contributed by atoms with E-state index < -0.39 is 11.7 Å². The second kappa shape index (κ2) is 6.39. The molecule has 0 unspecified atom stereocenters. The van der Waals surface area contributed by atoms with Crippen LogP contribution in [-0.2, 0) is 11.9 Å². The zero-order valence-electron chi connectivity index (χ0n) is 11.0. The summed E-state index contributed by atoms with van der Waals surface area (Å²) in [5.41, 5.74) is 0.955. The maximum atomic E-state index is 12.5. The van der Waals surface area contributed by atoms with Crippen molar-refractivity contribution in [2.75, 3.05) is 0 Å². The largest absolute Gasteiger partial charge is 0.416 e. The van der Waals surface area contributed by atoms with Gasteiger partial charge in [0.05, 0.1) is 11.3 Å². The molecule has 0 radical (unpaired) electrons. The highest BCUT2D eigenvalue weighted by atomic mass is 32.2. The van der Waals surface area contributed by atoms with Gasteiger partial charge in [0.1, 0.15) is 9.35 Å². The minimum atomic E-state index is -4.31. The lowest BCUT2D eigenvalue weighted by molar-refractivity contribution is -0.137. The Balaban J connectivity index is 1.70. The van der Waals surface area contributed by atoms with E-state index in [9.17, 15) is 13.2 Å². The van der Waals surface area contributed by atoms with Crippen molar-refractivity contribution < 1.29 is 13.2 Å². The lowest BCUT2D eigenvalue weighted by atomic mass is 10.1. The summed E-state index contributed by atoms with van der Waals surface area (Å²) < 4.78 is 38.6. The van der Waals surface area contributed by atoms with Gasteiger partial charge in [-0.2, -0.15) is 13.2 Å². The number of benzene rings is 1. The molecule has 0 aliphatic rings. The minimum absolute atomic E-state index is 0.646. The standard InChI is InChI=1S/C14H9F3N2S3/c15-14(16,17)10-3-1-9(2-4-10)12-19-11(7-21-12)8-22-13-18-5-6-20-13/h1-7H,8H2. The zero-order valence-corrected chi connectivity index (χ0v) is 13.5. The SMILES string of the molecule is FC(F)(F)c1ccc(-c2nc(CSc3nccs3)cs2)cc1. The highest BCUT2D eigenvalue weighted by Crippen LogP contribution is 2.32. The van der Waals surface area contributed by atoms with Crippen molar-refractivity contribution in [3.05, 3.63) is 52.5 Å². The Kier molecular flexibility index (Phi) is 4.51. The van der Waals surface area contributed by atoms with Gasteiger partial charge < -0.3 is 0 Å². The number of thiazole rings is 2. The van der Waals surface area contributed by atoms with Gasteiger partial charge >= 0.3 is 6.18 Å². The van der Waals surface area contributed by atoms with Crippen molar-refractivity contribution >= 4 is 34.4 Å². The summed E-state index contributed by atoms with van der Waals surface area (Å²) in [5, 5.41) is 4.56. The van der Waals surface area contributed by atoms with Gasteiger partial charge in [-0.1, -0.05) is 23.9 Å². The summed E-state index contributed by atoms with van der Waals surface area (Å²) in [6.07, 6.45) is -2.56. The number of thioether (sulfide) groups is 1. The minimum Gasteiger partial charge on any atom is -0.240 e. The molecule has 0 saturated heterocycles. The van der Waals surface area contributed by atoms with Crippen molar-refractivity contribution in [1.29, 1.82) is 0 Å². The van der Waals surface area contributed by atoms with Crippen molar-refractivity contribution in [2.45, 2.75) is 16.3 Å². The Labute approximate surface area is 137 Å². The molecule has 0 bridgehead atoms. The quantitative estimate of drug-likeness (QED) is 0.570. The average Bonchev–Trinajstić information content (AvgIpc) is 3.16. The van der Waals surface area contributed by atoms with Crippen LogP contribution in [0.3, 0.4) is 0 Å². The lowest BCUT2D eigenvalue weighted by Gasteiger charge is -2.06. The van der Waals surface area contributed by atoms with Crippen LogP contribution in [0.15, 0.2) is 45.6 Å². The van der Waals surface area contributed by atoms with E-state index in [4.69, 9.17) is 0 Å². The predicted molar refractivity (Wildman–Crippen MR) is 84.2 cm³/mol. The first-order valence-corrected chi connectivity index (χ1v) is 8.91. The van der Waals surface area contributed by atoms with Crippen molar-refractivity contribution in [3.63, 3.8) is 0 Å². The molecule has 1 aromatic carbocycles. The third-order valence-corrected chi connectivity index (χ3v) is 5.70. The summed E-state index contributed by atoms with van der Waals surface area (Å²) in [4.78, 5) is 8.64. The Hall–Kier alpha value is -1.38.